The van der Waals surface area contributed by atoms with Crippen LogP contribution in [-0.4, -0.2) is 29.9 Å². The molecule has 0 aromatic heterocycles. The van der Waals surface area contributed by atoms with Crippen LogP contribution in [0, 0.1) is 11.6 Å². The molecule has 1 aromatic rings. The van der Waals surface area contributed by atoms with E-state index in [1.54, 1.807) is 4.90 Å². The lowest BCUT2D eigenvalue weighted by molar-refractivity contribution is -0.131. The first-order chi connectivity index (χ1) is 8.61. The van der Waals surface area contributed by atoms with Gasteiger partial charge in [0.1, 0.15) is 0 Å². The van der Waals surface area contributed by atoms with Crippen LogP contribution in [0.15, 0.2) is 18.2 Å². The van der Waals surface area contributed by atoms with E-state index in [0.29, 0.717) is 18.7 Å². The normalized spacial score (nSPS) is 19.3. The van der Waals surface area contributed by atoms with Crippen molar-refractivity contribution in [1.82, 2.24) is 4.90 Å². The van der Waals surface area contributed by atoms with Gasteiger partial charge < -0.3 is 10.6 Å². The molecular weight excluding hydrogens is 238 g/mol. The Morgan fingerprint density at radius 3 is 2.83 bits per heavy atom. The molecular formula is C13H16F2N2O. The minimum Gasteiger partial charge on any atom is -0.338 e. The summed E-state index contributed by atoms with van der Waals surface area (Å²) in [4.78, 5) is 13.8. The van der Waals surface area contributed by atoms with Gasteiger partial charge in [-0.2, -0.15) is 0 Å². The van der Waals surface area contributed by atoms with Crippen LogP contribution in [0.1, 0.15) is 18.4 Å². The molecule has 0 radical (unpaired) electrons. The fourth-order valence-electron chi connectivity index (χ4n) is 2.33. The van der Waals surface area contributed by atoms with Crippen molar-refractivity contribution in [3.8, 4) is 0 Å². The smallest absolute Gasteiger partial charge is 0.227 e. The number of carbonyl (C=O) groups is 1. The van der Waals surface area contributed by atoms with E-state index in [9.17, 15) is 13.6 Å². The lowest BCUT2D eigenvalue weighted by Crippen LogP contribution is -2.40. The molecule has 0 aliphatic carbocycles. The second kappa shape index (κ2) is 5.44. The molecule has 5 heteroatoms. The Labute approximate surface area is 105 Å². The van der Waals surface area contributed by atoms with E-state index in [1.165, 1.54) is 6.07 Å². The maximum atomic E-state index is 13.0. The van der Waals surface area contributed by atoms with Gasteiger partial charge in [0.15, 0.2) is 11.6 Å². The predicted molar refractivity (Wildman–Crippen MR) is 63.9 cm³/mol. The van der Waals surface area contributed by atoms with Crippen molar-refractivity contribution in [1.29, 1.82) is 0 Å². The molecule has 98 valence electrons. The first kappa shape index (κ1) is 13.0. The van der Waals surface area contributed by atoms with Crippen LogP contribution in [0.3, 0.4) is 0 Å². The fourth-order valence-corrected chi connectivity index (χ4v) is 2.33. The Bertz CT molecular complexity index is 451. The van der Waals surface area contributed by atoms with Gasteiger partial charge >= 0.3 is 0 Å². The summed E-state index contributed by atoms with van der Waals surface area (Å²) < 4.78 is 25.8. The van der Waals surface area contributed by atoms with Gasteiger partial charge in [-0.1, -0.05) is 6.07 Å². The van der Waals surface area contributed by atoms with Crippen molar-refractivity contribution < 1.29 is 13.6 Å². The van der Waals surface area contributed by atoms with Gasteiger partial charge in [0.25, 0.3) is 0 Å². The van der Waals surface area contributed by atoms with E-state index in [4.69, 9.17) is 5.73 Å². The minimum atomic E-state index is -0.919. The zero-order valence-corrected chi connectivity index (χ0v) is 10.0. The van der Waals surface area contributed by atoms with Gasteiger partial charge in [0, 0.05) is 19.1 Å². The predicted octanol–water partition coefficient (Wildman–Crippen LogP) is 1.46. The van der Waals surface area contributed by atoms with Crippen molar-refractivity contribution in [2.45, 2.75) is 25.3 Å². The molecule has 1 atom stereocenters. The van der Waals surface area contributed by atoms with Crippen LogP contribution in [0.25, 0.3) is 0 Å². The molecule has 1 amide bonds. The largest absolute Gasteiger partial charge is 0.338 e. The van der Waals surface area contributed by atoms with E-state index < -0.39 is 11.6 Å². The van der Waals surface area contributed by atoms with Gasteiger partial charge in [-0.25, -0.2) is 8.78 Å². The number of halogens is 2. The highest BCUT2D eigenvalue weighted by Crippen LogP contribution is 2.18. The summed E-state index contributed by atoms with van der Waals surface area (Å²) in [6.07, 6.45) is 1.96. The molecule has 2 rings (SSSR count). The molecule has 1 aromatic carbocycles. The highest BCUT2D eigenvalue weighted by atomic mass is 19.2. The molecule has 1 heterocycles. The molecule has 0 bridgehead atoms. The summed E-state index contributed by atoms with van der Waals surface area (Å²) in [5, 5.41) is 0. The molecule has 1 fully saturated rings. The first-order valence-corrected chi connectivity index (χ1v) is 6.05. The number of likely N-dealkylation sites (tertiary alicyclic amines) is 1. The lowest BCUT2D eigenvalue weighted by Gasteiger charge is -2.23. The summed E-state index contributed by atoms with van der Waals surface area (Å²) in [5.74, 6) is -1.89. The molecule has 0 spiro atoms. The monoisotopic (exact) mass is 254 g/mol. The average molecular weight is 254 g/mol. The van der Waals surface area contributed by atoms with Crippen LogP contribution < -0.4 is 5.73 Å². The third kappa shape index (κ3) is 2.67. The number of nitrogens with two attached hydrogens (primary N) is 1. The minimum absolute atomic E-state index is 0.0750. The number of benzene rings is 1. The van der Waals surface area contributed by atoms with Crippen LogP contribution >= 0.6 is 0 Å². The van der Waals surface area contributed by atoms with Crippen molar-refractivity contribution in [3.63, 3.8) is 0 Å². The number of nitrogens with zero attached hydrogens (tertiary/aromatic N) is 1. The maximum Gasteiger partial charge on any atom is 0.227 e. The Kier molecular flexibility index (Phi) is 3.91. The number of carbonyl (C=O) groups excluding carboxylic acids is 1. The SMILES string of the molecule is NC[C@@H]1CCCN1C(=O)Cc1ccc(F)c(F)c1. The lowest BCUT2D eigenvalue weighted by atomic mass is 10.1. The van der Waals surface area contributed by atoms with Gasteiger partial charge in [-0.15, -0.1) is 0 Å². The quantitative estimate of drug-likeness (QED) is 0.887. The Morgan fingerprint density at radius 1 is 1.39 bits per heavy atom. The fraction of sp³-hybridized carbons (Fsp3) is 0.462. The first-order valence-electron chi connectivity index (χ1n) is 6.05. The highest BCUT2D eigenvalue weighted by molar-refractivity contribution is 5.79. The second-order valence-electron chi connectivity index (χ2n) is 4.54. The number of amides is 1. The van der Waals surface area contributed by atoms with E-state index in [2.05, 4.69) is 0 Å². The summed E-state index contributed by atoms with van der Waals surface area (Å²) in [6, 6.07) is 3.63. The van der Waals surface area contributed by atoms with Gasteiger partial charge in [-0.05, 0) is 30.5 Å². The number of hydrogen-bond donors (Lipinski definition) is 1. The number of rotatable bonds is 3. The van der Waals surface area contributed by atoms with Crippen molar-refractivity contribution in [3.05, 3.63) is 35.4 Å². The summed E-state index contributed by atoms with van der Waals surface area (Å²) in [5.41, 5.74) is 6.08. The third-order valence-corrected chi connectivity index (χ3v) is 3.31. The zero-order valence-electron chi connectivity index (χ0n) is 10.0. The van der Waals surface area contributed by atoms with Crippen molar-refractivity contribution >= 4 is 5.91 Å². The topological polar surface area (TPSA) is 46.3 Å². The molecule has 1 saturated heterocycles. The van der Waals surface area contributed by atoms with Gasteiger partial charge in [0.2, 0.25) is 5.91 Å². The third-order valence-electron chi connectivity index (χ3n) is 3.31. The van der Waals surface area contributed by atoms with E-state index in [0.717, 1.165) is 25.0 Å². The van der Waals surface area contributed by atoms with Gasteiger partial charge in [0.05, 0.1) is 6.42 Å². The molecule has 2 N–H and O–H groups in total. The standard InChI is InChI=1S/C13H16F2N2O/c14-11-4-3-9(6-12(11)15)7-13(18)17-5-1-2-10(17)8-16/h3-4,6,10H,1-2,5,7-8,16H2/t10-/m0/s1. The van der Waals surface area contributed by atoms with Crippen LogP contribution in [-0.2, 0) is 11.2 Å². The van der Waals surface area contributed by atoms with Crippen LogP contribution in [0.4, 0.5) is 8.78 Å². The number of hydrogen-bond acceptors (Lipinski definition) is 2. The summed E-state index contributed by atoms with van der Waals surface area (Å²) in [6.45, 7) is 1.15. The second-order valence-corrected chi connectivity index (χ2v) is 4.54. The Morgan fingerprint density at radius 2 is 2.17 bits per heavy atom. The molecule has 3 nitrogen and oxygen atoms in total. The van der Waals surface area contributed by atoms with E-state index >= 15 is 0 Å². The molecule has 1 aliphatic rings. The Hall–Kier alpha value is -1.49. The van der Waals surface area contributed by atoms with Crippen molar-refractivity contribution in [2.24, 2.45) is 5.73 Å². The molecule has 18 heavy (non-hydrogen) atoms. The van der Waals surface area contributed by atoms with E-state index in [1.807, 2.05) is 0 Å². The van der Waals surface area contributed by atoms with Crippen LogP contribution in [0.5, 0.6) is 0 Å². The maximum absolute atomic E-state index is 13.0. The summed E-state index contributed by atoms with van der Waals surface area (Å²) in [7, 11) is 0. The average Bonchev–Trinajstić information content (AvgIpc) is 2.82. The Balaban J connectivity index is 2.04. The zero-order chi connectivity index (χ0) is 13.1. The molecule has 0 saturated carbocycles. The van der Waals surface area contributed by atoms with Crippen LogP contribution in [0.2, 0.25) is 0 Å². The van der Waals surface area contributed by atoms with E-state index in [-0.39, 0.29) is 18.4 Å². The van der Waals surface area contributed by atoms with Gasteiger partial charge in [-0.3, -0.25) is 4.79 Å². The summed E-state index contributed by atoms with van der Waals surface area (Å²) >= 11 is 0. The molecule has 1 aliphatic heterocycles. The highest BCUT2D eigenvalue weighted by Gasteiger charge is 2.27. The van der Waals surface area contributed by atoms with Crippen molar-refractivity contribution in [2.75, 3.05) is 13.1 Å². The molecule has 0 unspecified atom stereocenters.